The molecule has 0 fully saturated rings. The molecule has 7 heteroatoms. The summed E-state index contributed by atoms with van der Waals surface area (Å²) in [7, 11) is 0. The number of hydrogen-bond acceptors (Lipinski definition) is 4. The maximum Gasteiger partial charge on any atom is 0.408 e. The number of benzene rings is 3. The van der Waals surface area contributed by atoms with Crippen molar-refractivity contribution < 1.29 is 19.1 Å². The van der Waals surface area contributed by atoms with E-state index in [9.17, 15) is 14.4 Å². The molecule has 45 heavy (non-hydrogen) atoms. The van der Waals surface area contributed by atoms with E-state index in [1.807, 2.05) is 85.8 Å². The molecule has 0 spiro atoms. The molecule has 0 aliphatic carbocycles. The van der Waals surface area contributed by atoms with Crippen LogP contribution in [0.4, 0.5) is 10.5 Å². The van der Waals surface area contributed by atoms with E-state index < -0.39 is 23.8 Å². The van der Waals surface area contributed by atoms with E-state index in [2.05, 4.69) is 24.1 Å². The minimum Gasteiger partial charge on any atom is -0.444 e. The fraction of sp³-hybridized carbons (Fsp3) is 0.395. The second-order valence-electron chi connectivity index (χ2n) is 12.4. The Morgan fingerprint density at radius 3 is 2.27 bits per heavy atom. The number of hydrogen-bond donors (Lipinski definition) is 2. The van der Waals surface area contributed by atoms with E-state index >= 15 is 0 Å². The zero-order valence-corrected chi connectivity index (χ0v) is 27.5. The van der Waals surface area contributed by atoms with Crippen LogP contribution in [0.3, 0.4) is 0 Å². The molecule has 0 aliphatic heterocycles. The van der Waals surface area contributed by atoms with Gasteiger partial charge in [0.05, 0.1) is 0 Å². The van der Waals surface area contributed by atoms with Crippen molar-refractivity contribution in [2.24, 2.45) is 0 Å². The van der Waals surface area contributed by atoms with Crippen LogP contribution in [0.15, 0.2) is 85.4 Å². The summed E-state index contributed by atoms with van der Waals surface area (Å²) in [6.07, 6.45) is 6.14. The highest BCUT2D eigenvalue weighted by atomic mass is 16.6. The number of para-hydroxylation sites is 1. The summed E-state index contributed by atoms with van der Waals surface area (Å²) < 4.78 is 5.57. The Bertz CT molecular complexity index is 1410. The van der Waals surface area contributed by atoms with Gasteiger partial charge in [0.25, 0.3) is 5.91 Å². The Hall–Kier alpha value is -4.39. The number of amides is 3. The van der Waals surface area contributed by atoms with Crippen LogP contribution in [-0.4, -0.2) is 41.0 Å². The summed E-state index contributed by atoms with van der Waals surface area (Å²) in [6, 6.07) is 22.7. The number of aryl methyl sites for hydroxylation is 1. The van der Waals surface area contributed by atoms with E-state index in [-0.39, 0.29) is 18.2 Å². The molecule has 2 N–H and O–H groups in total. The monoisotopic (exact) mass is 611 g/mol. The predicted octanol–water partition coefficient (Wildman–Crippen LogP) is 8.25. The molecule has 2 unspecified atom stereocenters. The number of nitrogens with one attached hydrogen (secondary N) is 2. The van der Waals surface area contributed by atoms with Gasteiger partial charge in [0.1, 0.15) is 17.7 Å². The van der Waals surface area contributed by atoms with E-state index in [0.29, 0.717) is 24.2 Å². The molecular weight excluding hydrogens is 562 g/mol. The standard InChI is InChI=1S/C38H49N3O4/c1-7-9-10-11-17-25-41(36(43)33(27-30-20-13-12-14-21-30)40-37(44)45-38(4,5)6)34(31-23-18-22-29(8-2)26-31)35(42)39-32-24-16-15-19-28(32)3/h8,12-16,18-24,26,33-34H,2,7,9-11,17,25,27H2,1,3-6H3,(H,39,42)(H,40,44). The van der Waals surface area contributed by atoms with Crippen LogP contribution in [0, 0.1) is 6.92 Å². The number of carbonyl (C=O) groups excluding carboxylic acids is 3. The number of rotatable bonds is 15. The van der Waals surface area contributed by atoms with Crippen molar-refractivity contribution in [3.8, 4) is 0 Å². The minimum atomic E-state index is -0.964. The van der Waals surface area contributed by atoms with Gasteiger partial charge in [-0.25, -0.2) is 4.79 Å². The fourth-order valence-electron chi connectivity index (χ4n) is 5.20. The van der Waals surface area contributed by atoms with Crippen LogP contribution in [-0.2, 0) is 20.7 Å². The number of alkyl carbamates (subject to hydrolysis) is 1. The molecule has 2 atom stereocenters. The summed E-state index contributed by atoms with van der Waals surface area (Å²) in [5.74, 6) is -0.683. The lowest BCUT2D eigenvalue weighted by Gasteiger charge is -2.35. The quantitative estimate of drug-likeness (QED) is 0.169. The van der Waals surface area contributed by atoms with Gasteiger partial charge in [0.15, 0.2) is 0 Å². The average Bonchev–Trinajstić information content (AvgIpc) is 3.00. The molecule has 3 aromatic carbocycles. The molecule has 3 aromatic rings. The summed E-state index contributed by atoms with van der Waals surface area (Å²) in [4.78, 5) is 43.7. The van der Waals surface area contributed by atoms with Crippen molar-refractivity contribution in [2.75, 3.05) is 11.9 Å². The van der Waals surface area contributed by atoms with Gasteiger partial charge in [-0.1, -0.05) is 112 Å². The fourth-order valence-corrected chi connectivity index (χ4v) is 5.20. The predicted molar refractivity (Wildman–Crippen MR) is 183 cm³/mol. The number of anilines is 1. The number of carbonyl (C=O) groups is 3. The third kappa shape index (κ3) is 11.2. The SMILES string of the molecule is C=Cc1cccc(C(C(=O)Nc2ccccc2C)N(CCCCCCC)C(=O)C(Cc2ccccc2)NC(=O)OC(C)(C)C)c1. The van der Waals surface area contributed by atoms with Crippen LogP contribution in [0.5, 0.6) is 0 Å². The number of nitrogens with zero attached hydrogens (tertiary/aromatic N) is 1. The molecule has 0 saturated carbocycles. The second kappa shape index (κ2) is 17.2. The molecule has 240 valence electrons. The lowest BCUT2D eigenvalue weighted by Crippen LogP contribution is -2.53. The van der Waals surface area contributed by atoms with Crippen LogP contribution in [0.25, 0.3) is 6.08 Å². The Labute approximate surface area is 269 Å². The molecule has 7 nitrogen and oxygen atoms in total. The van der Waals surface area contributed by atoms with Crippen molar-refractivity contribution in [1.29, 1.82) is 0 Å². The maximum atomic E-state index is 14.7. The first-order valence-corrected chi connectivity index (χ1v) is 15.9. The van der Waals surface area contributed by atoms with E-state index in [1.54, 1.807) is 31.7 Å². The minimum absolute atomic E-state index is 0.240. The second-order valence-corrected chi connectivity index (χ2v) is 12.4. The zero-order chi connectivity index (χ0) is 32.8. The maximum absolute atomic E-state index is 14.7. The zero-order valence-electron chi connectivity index (χ0n) is 27.5. The highest BCUT2D eigenvalue weighted by molar-refractivity contribution is 5.99. The lowest BCUT2D eigenvalue weighted by atomic mass is 9.98. The first-order chi connectivity index (χ1) is 21.5. The smallest absolute Gasteiger partial charge is 0.408 e. The van der Waals surface area contributed by atoms with Gasteiger partial charge in [-0.05, 0) is 68.5 Å². The van der Waals surface area contributed by atoms with E-state index in [4.69, 9.17) is 4.74 Å². The van der Waals surface area contributed by atoms with E-state index in [1.165, 1.54) is 0 Å². The first-order valence-electron chi connectivity index (χ1n) is 15.9. The normalized spacial score (nSPS) is 12.5. The average molecular weight is 612 g/mol. The van der Waals surface area contributed by atoms with Gasteiger partial charge in [-0.2, -0.15) is 0 Å². The van der Waals surface area contributed by atoms with Crippen LogP contribution >= 0.6 is 0 Å². The van der Waals surface area contributed by atoms with E-state index in [0.717, 1.165) is 42.4 Å². The highest BCUT2D eigenvalue weighted by Crippen LogP contribution is 2.28. The number of unbranched alkanes of at least 4 members (excludes halogenated alkanes) is 4. The van der Waals surface area contributed by atoms with Crippen LogP contribution in [0.1, 0.15) is 88.1 Å². The Morgan fingerprint density at radius 1 is 0.911 bits per heavy atom. The molecular formula is C38H49N3O4. The molecule has 0 aliphatic rings. The largest absolute Gasteiger partial charge is 0.444 e. The Morgan fingerprint density at radius 2 is 1.60 bits per heavy atom. The van der Waals surface area contributed by atoms with Gasteiger partial charge < -0.3 is 20.3 Å². The van der Waals surface area contributed by atoms with Gasteiger partial charge >= 0.3 is 6.09 Å². The summed E-state index contributed by atoms with van der Waals surface area (Å²) in [6.45, 7) is 13.7. The van der Waals surface area contributed by atoms with Crippen molar-refractivity contribution in [3.63, 3.8) is 0 Å². The summed E-state index contributed by atoms with van der Waals surface area (Å²) >= 11 is 0. The van der Waals surface area contributed by atoms with Crippen LogP contribution < -0.4 is 10.6 Å². The van der Waals surface area contributed by atoms with Gasteiger partial charge in [0, 0.05) is 18.7 Å². The Kier molecular flexibility index (Phi) is 13.4. The van der Waals surface area contributed by atoms with Crippen molar-refractivity contribution in [2.45, 2.75) is 90.8 Å². The van der Waals surface area contributed by atoms with Crippen molar-refractivity contribution in [1.82, 2.24) is 10.2 Å². The molecule has 0 heterocycles. The summed E-state index contributed by atoms with van der Waals surface area (Å²) in [5, 5.41) is 5.92. The lowest BCUT2D eigenvalue weighted by molar-refractivity contribution is -0.140. The van der Waals surface area contributed by atoms with Crippen LogP contribution in [0.2, 0.25) is 0 Å². The molecule has 0 radical (unpaired) electrons. The molecule has 0 bridgehead atoms. The molecule has 0 aromatic heterocycles. The summed E-state index contributed by atoms with van der Waals surface area (Å²) in [5.41, 5.74) is 3.22. The van der Waals surface area contributed by atoms with Gasteiger partial charge in [0.2, 0.25) is 5.91 Å². The third-order valence-corrected chi connectivity index (χ3v) is 7.48. The Balaban J connectivity index is 2.09. The molecule has 0 saturated heterocycles. The molecule has 3 amide bonds. The molecule has 3 rings (SSSR count). The third-order valence-electron chi connectivity index (χ3n) is 7.48. The highest BCUT2D eigenvalue weighted by Gasteiger charge is 2.36. The topological polar surface area (TPSA) is 87.7 Å². The van der Waals surface area contributed by atoms with Crippen molar-refractivity contribution in [3.05, 3.63) is 108 Å². The van der Waals surface area contributed by atoms with Crippen molar-refractivity contribution >= 4 is 29.7 Å². The number of ether oxygens (including phenoxy) is 1. The van der Waals surface area contributed by atoms with Gasteiger partial charge in [-0.15, -0.1) is 0 Å². The van der Waals surface area contributed by atoms with Gasteiger partial charge in [-0.3, -0.25) is 9.59 Å². The first kappa shape index (κ1) is 35.1.